The Morgan fingerprint density at radius 2 is 2.11 bits per heavy atom. The molecule has 3 nitrogen and oxygen atoms in total. The molecule has 0 atom stereocenters. The van der Waals surface area contributed by atoms with Crippen molar-refractivity contribution in [1.82, 2.24) is 4.90 Å². The molecule has 1 heterocycles. The molecule has 0 unspecified atom stereocenters. The minimum Gasteiger partial charge on any atom is -0.426 e. The van der Waals surface area contributed by atoms with E-state index in [0.29, 0.717) is 5.75 Å². The molecule has 0 amide bonds. The number of thiophene rings is 1. The Bertz CT molecular complexity index is 601. The first-order chi connectivity index (χ1) is 8.99. The Morgan fingerprint density at radius 1 is 1.37 bits per heavy atom. The van der Waals surface area contributed by atoms with Crippen LogP contribution in [-0.4, -0.2) is 31.5 Å². The van der Waals surface area contributed by atoms with Crippen LogP contribution in [0.5, 0.6) is 5.75 Å². The van der Waals surface area contributed by atoms with Gasteiger partial charge in [0.1, 0.15) is 5.75 Å². The highest BCUT2D eigenvalue weighted by atomic mass is 32.1. The SMILES string of the molecule is CC(=O)Oc1ccc(C)c2scc(CCN(C)C)c12. The molecule has 19 heavy (non-hydrogen) atoms. The molecular weight excluding hydrogens is 258 g/mol. The van der Waals surface area contributed by atoms with Crippen molar-refractivity contribution in [3.05, 3.63) is 28.6 Å². The van der Waals surface area contributed by atoms with E-state index in [4.69, 9.17) is 4.74 Å². The van der Waals surface area contributed by atoms with Crippen molar-refractivity contribution in [3.8, 4) is 5.75 Å². The lowest BCUT2D eigenvalue weighted by Crippen LogP contribution is -2.15. The zero-order chi connectivity index (χ0) is 14.0. The number of fused-ring (bicyclic) bond motifs is 1. The van der Waals surface area contributed by atoms with Gasteiger partial charge in [0.25, 0.3) is 0 Å². The van der Waals surface area contributed by atoms with Crippen LogP contribution >= 0.6 is 11.3 Å². The summed E-state index contributed by atoms with van der Waals surface area (Å²) in [7, 11) is 4.12. The molecule has 4 heteroatoms. The minimum absolute atomic E-state index is 0.269. The number of aryl methyl sites for hydroxylation is 1. The first kappa shape index (κ1) is 14.0. The normalized spacial score (nSPS) is 11.2. The molecule has 0 radical (unpaired) electrons. The van der Waals surface area contributed by atoms with Crippen molar-refractivity contribution >= 4 is 27.4 Å². The molecule has 0 aliphatic heterocycles. The van der Waals surface area contributed by atoms with Crippen molar-refractivity contribution in [2.24, 2.45) is 0 Å². The number of rotatable bonds is 4. The maximum Gasteiger partial charge on any atom is 0.308 e. The van der Waals surface area contributed by atoms with Gasteiger partial charge in [-0.2, -0.15) is 0 Å². The molecule has 2 rings (SSSR count). The van der Waals surface area contributed by atoms with Gasteiger partial charge in [-0.3, -0.25) is 4.79 Å². The molecule has 0 saturated carbocycles. The van der Waals surface area contributed by atoms with E-state index in [0.717, 1.165) is 18.4 Å². The zero-order valence-corrected chi connectivity index (χ0v) is 12.6. The zero-order valence-electron chi connectivity index (χ0n) is 11.8. The molecule has 0 saturated heterocycles. The van der Waals surface area contributed by atoms with Gasteiger partial charge in [-0.15, -0.1) is 11.3 Å². The summed E-state index contributed by atoms with van der Waals surface area (Å²) in [5, 5.41) is 3.27. The number of ether oxygens (including phenoxy) is 1. The van der Waals surface area contributed by atoms with Crippen LogP contribution in [0.25, 0.3) is 10.1 Å². The van der Waals surface area contributed by atoms with Gasteiger partial charge in [0.05, 0.1) is 0 Å². The largest absolute Gasteiger partial charge is 0.426 e. The molecule has 1 aromatic carbocycles. The number of likely N-dealkylation sites (N-methyl/N-ethyl adjacent to an activating group) is 1. The molecule has 0 N–H and O–H groups in total. The maximum absolute atomic E-state index is 11.2. The van der Waals surface area contributed by atoms with Gasteiger partial charge in [-0.05, 0) is 50.0 Å². The predicted molar refractivity (Wildman–Crippen MR) is 80.1 cm³/mol. The molecule has 2 aromatic rings. The third kappa shape index (κ3) is 3.14. The van der Waals surface area contributed by atoms with E-state index < -0.39 is 0 Å². The number of benzene rings is 1. The van der Waals surface area contributed by atoms with E-state index in [1.807, 2.05) is 12.1 Å². The minimum atomic E-state index is -0.269. The third-order valence-electron chi connectivity index (χ3n) is 3.04. The molecule has 102 valence electrons. The van der Waals surface area contributed by atoms with E-state index in [1.54, 1.807) is 11.3 Å². The van der Waals surface area contributed by atoms with E-state index in [2.05, 4.69) is 31.3 Å². The number of hydrogen-bond donors (Lipinski definition) is 0. The summed E-state index contributed by atoms with van der Waals surface area (Å²) in [6.07, 6.45) is 0.963. The Kier molecular flexibility index (Phi) is 4.22. The topological polar surface area (TPSA) is 29.5 Å². The van der Waals surface area contributed by atoms with Crippen molar-refractivity contribution in [2.75, 3.05) is 20.6 Å². The summed E-state index contributed by atoms with van der Waals surface area (Å²) < 4.78 is 6.56. The standard InChI is InChI=1S/C15H19NO2S/c1-10-5-6-13(18-11(2)17)14-12(7-8-16(3)4)9-19-15(10)14/h5-6,9H,7-8H2,1-4H3. The van der Waals surface area contributed by atoms with Crippen molar-refractivity contribution in [1.29, 1.82) is 0 Å². The number of nitrogens with zero attached hydrogens (tertiary/aromatic N) is 1. The summed E-state index contributed by atoms with van der Waals surface area (Å²) >= 11 is 1.72. The lowest BCUT2D eigenvalue weighted by molar-refractivity contribution is -0.131. The molecular formula is C15H19NO2S. The highest BCUT2D eigenvalue weighted by molar-refractivity contribution is 7.17. The van der Waals surface area contributed by atoms with E-state index in [9.17, 15) is 4.79 Å². The monoisotopic (exact) mass is 277 g/mol. The fourth-order valence-corrected chi connectivity index (χ4v) is 3.18. The van der Waals surface area contributed by atoms with Crippen molar-refractivity contribution in [2.45, 2.75) is 20.3 Å². The number of carbonyl (C=O) groups is 1. The van der Waals surface area contributed by atoms with Crippen LogP contribution in [0.15, 0.2) is 17.5 Å². The second-order valence-electron chi connectivity index (χ2n) is 4.99. The van der Waals surface area contributed by atoms with E-state index >= 15 is 0 Å². The molecule has 0 bridgehead atoms. The van der Waals surface area contributed by atoms with Crippen LogP contribution in [0, 0.1) is 6.92 Å². The fourth-order valence-electron chi connectivity index (χ4n) is 2.08. The van der Waals surface area contributed by atoms with Crippen molar-refractivity contribution < 1.29 is 9.53 Å². The lowest BCUT2D eigenvalue weighted by atomic mass is 10.1. The average molecular weight is 277 g/mol. The first-order valence-corrected chi connectivity index (χ1v) is 7.20. The van der Waals surface area contributed by atoms with Crippen LogP contribution in [0.2, 0.25) is 0 Å². The highest BCUT2D eigenvalue weighted by Crippen LogP contribution is 2.36. The van der Waals surface area contributed by atoms with Crippen LogP contribution < -0.4 is 4.74 Å². The summed E-state index contributed by atoms with van der Waals surface area (Å²) in [5.74, 6) is 0.415. The Balaban J connectivity index is 2.47. The highest BCUT2D eigenvalue weighted by Gasteiger charge is 2.13. The second kappa shape index (κ2) is 5.72. The van der Waals surface area contributed by atoms with E-state index in [1.165, 1.54) is 22.8 Å². The van der Waals surface area contributed by atoms with Gasteiger partial charge in [-0.25, -0.2) is 0 Å². The Labute approximate surface area is 117 Å². The maximum atomic E-state index is 11.2. The number of carbonyl (C=O) groups excluding carboxylic acids is 1. The van der Waals surface area contributed by atoms with Crippen LogP contribution in [0.3, 0.4) is 0 Å². The van der Waals surface area contributed by atoms with Gasteiger partial charge < -0.3 is 9.64 Å². The number of esters is 1. The lowest BCUT2D eigenvalue weighted by Gasteiger charge is -2.10. The van der Waals surface area contributed by atoms with E-state index in [-0.39, 0.29) is 5.97 Å². The molecule has 0 fully saturated rings. The predicted octanol–water partition coefficient (Wildman–Crippen LogP) is 3.24. The molecule has 0 spiro atoms. The number of hydrogen-bond acceptors (Lipinski definition) is 4. The van der Waals surface area contributed by atoms with Crippen LogP contribution in [0.1, 0.15) is 18.1 Å². The van der Waals surface area contributed by atoms with Gasteiger partial charge in [0.2, 0.25) is 0 Å². The van der Waals surface area contributed by atoms with Gasteiger partial charge >= 0.3 is 5.97 Å². The van der Waals surface area contributed by atoms with Crippen LogP contribution in [-0.2, 0) is 11.2 Å². The summed E-state index contributed by atoms with van der Waals surface area (Å²) in [4.78, 5) is 13.4. The van der Waals surface area contributed by atoms with Gasteiger partial charge in [0, 0.05) is 23.6 Å². The third-order valence-corrected chi connectivity index (χ3v) is 4.20. The fraction of sp³-hybridized carbons (Fsp3) is 0.400. The molecule has 0 aliphatic rings. The summed E-state index contributed by atoms with van der Waals surface area (Å²) in [5.41, 5.74) is 2.49. The van der Waals surface area contributed by atoms with Crippen molar-refractivity contribution in [3.63, 3.8) is 0 Å². The average Bonchev–Trinajstić information content (AvgIpc) is 2.74. The second-order valence-corrected chi connectivity index (χ2v) is 5.87. The summed E-state index contributed by atoms with van der Waals surface area (Å²) in [6.45, 7) is 4.52. The molecule has 1 aromatic heterocycles. The van der Waals surface area contributed by atoms with Gasteiger partial charge in [-0.1, -0.05) is 6.07 Å². The Morgan fingerprint density at radius 3 is 2.74 bits per heavy atom. The quantitative estimate of drug-likeness (QED) is 0.634. The smallest absolute Gasteiger partial charge is 0.308 e. The van der Waals surface area contributed by atoms with Gasteiger partial charge in [0.15, 0.2) is 0 Å². The molecule has 0 aliphatic carbocycles. The summed E-state index contributed by atoms with van der Waals surface area (Å²) in [6, 6.07) is 3.90. The first-order valence-electron chi connectivity index (χ1n) is 6.32. The Hall–Kier alpha value is -1.39. The van der Waals surface area contributed by atoms with Crippen LogP contribution in [0.4, 0.5) is 0 Å².